The van der Waals surface area contributed by atoms with E-state index >= 15 is 0 Å². The van der Waals surface area contributed by atoms with Crippen molar-refractivity contribution in [1.29, 1.82) is 0 Å². The highest BCUT2D eigenvalue weighted by atomic mass is 16.5. The van der Waals surface area contributed by atoms with Gasteiger partial charge in [-0.05, 0) is 29.8 Å². The van der Waals surface area contributed by atoms with Crippen molar-refractivity contribution >= 4 is 11.6 Å². The van der Waals surface area contributed by atoms with E-state index in [0.717, 1.165) is 30.0 Å². The largest absolute Gasteiger partial charge is 0.497 e. The van der Waals surface area contributed by atoms with Gasteiger partial charge in [0, 0.05) is 23.7 Å². The van der Waals surface area contributed by atoms with Crippen LogP contribution in [0.1, 0.15) is 17.2 Å². The van der Waals surface area contributed by atoms with Crippen molar-refractivity contribution in [2.24, 2.45) is 0 Å². The Balaban J connectivity index is 1.67. The van der Waals surface area contributed by atoms with E-state index < -0.39 is 0 Å². The van der Waals surface area contributed by atoms with Crippen molar-refractivity contribution in [1.82, 2.24) is 0 Å². The lowest BCUT2D eigenvalue weighted by Gasteiger charge is -2.16. The molecule has 0 saturated heterocycles. The summed E-state index contributed by atoms with van der Waals surface area (Å²) in [5, 5.41) is 5.09. The number of anilines is 1. The number of ether oxygens (including phenoxy) is 2. The highest BCUT2D eigenvalue weighted by molar-refractivity contribution is 5.94. The highest BCUT2D eigenvalue weighted by Gasteiger charge is 2.24. The second-order valence-electron chi connectivity index (χ2n) is 6.73. The van der Waals surface area contributed by atoms with E-state index in [1.165, 1.54) is 5.56 Å². The smallest absolute Gasteiger partial charge is 0.287 e. The summed E-state index contributed by atoms with van der Waals surface area (Å²) in [6.45, 7) is 0.789. The molecule has 0 aliphatic heterocycles. The molecule has 0 aliphatic rings. The molecule has 5 heteroatoms. The van der Waals surface area contributed by atoms with Gasteiger partial charge in [0.1, 0.15) is 11.5 Å². The molecule has 0 aliphatic carbocycles. The average Bonchev–Trinajstić information content (AvgIpc) is 2.77. The number of nitrogens with one attached hydrogen (secondary N) is 1. The maximum atomic E-state index is 13.0. The van der Waals surface area contributed by atoms with Crippen LogP contribution < -0.4 is 20.1 Å². The van der Waals surface area contributed by atoms with E-state index in [2.05, 4.69) is 22.8 Å². The zero-order chi connectivity index (χ0) is 20.5. The minimum Gasteiger partial charge on any atom is -0.497 e. The number of amides is 1. The Morgan fingerprint density at radius 3 is 2.31 bits per heavy atom. The molecule has 5 nitrogen and oxygen atoms in total. The van der Waals surface area contributed by atoms with Gasteiger partial charge in [-0.2, -0.15) is 0 Å². The Kier molecular flexibility index (Phi) is 7.25. The van der Waals surface area contributed by atoms with Crippen LogP contribution in [-0.2, 0) is 11.2 Å². The minimum absolute atomic E-state index is 0.0563. The lowest BCUT2D eigenvalue weighted by atomic mass is 10.1. The minimum atomic E-state index is -0.333. The molecule has 3 aromatic carbocycles. The molecule has 0 spiro atoms. The fourth-order valence-electron chi connectivity index (χ4n) is 3.18. The van der Waals surface area contributed by atoms with Gasteiger partial charge in [0.05, 0.1) is 20.8 Å². The summed E-state index contributed by atoms with van der Waals surface area (Å²) in [6.07, 6.45) is 0.861. The quantitative estimate of drug-likeness (QED) is 0.589. The summed E-state index contributed by atoms with van der Waals surface area (Å²) in [5.41, 5.74) is 2.91. The fourth-order valence-corrected chi connectivity index (χ4v) is 3.18. The number of benzene rings is 3. The molecule has 0 fully saturated rings. The number of carbonyl (C=O) groups excluding carboxylic acids is 1. The second-order valence-corrected chi connectivity index (χ2v) is 6.73. The monoisotopic (exact) mass is 391 g/mol. The maximum Gasteiger partial charge on any atom is 0.287 e. The third kappa shape index (κ3) is 5.83. The second kappa shape index (κ2) is 10.3. The van der Waals surface area contributed by atoms with Gasteiger partial charge in [0.2, 0.25) is 0 Å². The number of quaternary nitrogens is 1. The van der Waals surface area contributed by atoms with Crippen molar-refractivity contribution in [2.45, 2.75) is 12.5 Å². The van der Waals surface area contributed by atoms with Gasteiger partial charge in [-0.25, -0.2) is 0 Å². The van der Waals surface area contributed by atoms with Gasteiger partial charge in [0.15, 0.2) is 6.04 Å². The molecule has 3 aromatic rings. The molecule has 1 atom stereocenters. The first kappa shape index (κ1) is 20.4. The maximum absolute atomic E-state index is 13.0. The van der Waals surface area contributed by atoms with Gasteiger partial charge < -0.3 is 20.1 Å². The molecule has 150 valence electrons. The zero-order valence-electron chi connectivity index (χ0n) is 16.8. The normalized spacial score (nSPS) is 11.5. The van der Waals surface area contributed by atoms with Crippen molar-refractivity contribution in [3.05, 3.63) is 90.0 Å². The summed E-state index contributed by atoms with van der Waals surface area (Å²) < 4.78 is 10.4. The van der Waals surface area contributed by atoms with Gasteiger partial charge >= 0.3 is 0 Å². The van der Waals surface area contributed by atoms with Crippen LogP contribution in [0, 0.1) is 0 Å². The molecule has 29 heavy (non-hydrogen) atoms. The molecular weight excluding hydrogens is 364 g/mol. The van der Waals surface area contributed by atoms with Gasteiger partial charge in [-0.15, -0.1) is 0 Å². The van der Waals surface area contributed by atoms with Gasteiger partial charge in [-0.1, -0.05) is 48.5 Å². The number of carbonyl (C=O) groups is 1. The van der Waals surface area contributed by atoms with Crippen molar-refractivity contribution in [3.8, 4) is 11.5 Å². The fraction of sp³-hybridized carbons (Fsp3) is 0.208. The lowest BCUT2D eigenvalue weighted by molar-refractivity contribution is -0.682. The zero-order valence-corrected chi connectivity index (χ0v) is 16.8. The Morgan fingerprint density at radius 2 is 1.62 bits per heavy atom. The molecule has 3 N–H and O–H groups in total. The molecule has 0 aromatic heterocycles. The lowest BCUT2D eigenvalue weighted by Crippen LogP contribution is -2.87. The predicted molar refractivity (Wildman–Crippen MR) is 114 cm³/mol. The highest BCUT2D eigenvalue weighted by Crippen LogP contribution is 2.18. The molecule has 0 saturated carbocycles. The van der Waals surface area contributed by atoms with Crippen LogP contribution in [0.2, 0.25) is 0 Å². The first-order chi connectivity index (χ1) is 14.2. The van der Waals surface area contributed by atoms with Gasteiger partial charge in [0.25, 0.3) is 5.91 Å². The number of rotatable bonds is 9. The molecule has 0 heterocycles. The molecule has 0 bridgehead atoms. The topological polar surface area (TPSA) is 64.2 Å². The van der Waals surface area contributed by atoms with Crippen LogP contribution in [0.4, 0.5) is 5.69 Å². The number of hydrogen-bond acceptors (Lipinski definition) is 3. The van der Waals surface area contributed by atoms with Crippen molar-refractivity contribution < 1.29 is 19.6 Å². The summed E-state index contributed by atoms with van der Waals surface area (Å²) in [5.74, 6) is 1.50. The van der Waals surface area contributed by atoms with Crippen LogP contribution in [0.25, 0.3) is 0 Å². The van der Waals surface area contributed by atoms with Crippen molar-refractivity contribution in [2.75, 3.05) is 26.1 Å². The molecular formula is C24H27N2O3+. The number of nitrogens with two attached hydrogens (primary N) is 1. The summed E-state index contributed by atoms with van der Waals surface area (Å²) in [6, 6.07) is 24.9. The van der Waals surface area contributed by atoms with E-state index in [4.69, 9.17) is 9.47 Å². The first-order valence-corrected chi connectivity index (χ1v) is 9.65. The van der Waals surface area contributed by atoms with Crippen LogP contribution in [0.15, 0.2) is 78.9 Å². The van der Waals surface area contributed by atoms with E-state index in [9.17, 15) is 4.79 Å². The first-order valence-electron chi connectivity index (χ1n) is 9.65. The van der Waals surface area contributed by atoms with Crippen LogP contribution in [0.5, 0.6) is 11.5 Å². The molecule has 3 rings (SSSR count). The standard InChI is InChI=1S/C24H26N2O3/c1-28-21-13-11-18(12-14-21)15-16-25-23(19-7-4-3-5-8-19)24(27)26-20-9-6-10-22(17-20)29-2/h3-14,17,23,25H,15-16H2,1-2H3,(H,26,27)/p+1/t23-/m0/s1. The molecule has 1 amide bonds. The van der Waals surface area contributed by atoms with E-state index in [-0.39, 0.29) is 11.9 Å². The summed E-state index contributed by atoms with van der Waals surface area (Å²) in [4.78, 5) is 13.0. The predicted octanol–water partition coefficient (Wildman–Crippen LogP) is 3.19. The molecule has 0 radical (unpaired) electrons. The van der Waals surface area contributed by atoms with Crippen LogP contribution >= 0.6 is 0 Å². The third-order valence-corrected chi connectivity index (χ3v) is 4.77. The van der Waals surface area contributed by atoms with E-state index in [1.54, 1.807) is 14.2 Å². The van der Waals surface area contributed by atoms with Crippen LogP contribution in [-0.4, -0.2) is 26.7 Å². The van der Waals surface area contributed by atoms with Crippen LogP contribution in [0.3, 0.4) is 0 Å². The summed E-state index contributed by atoms with van der Waals surface area (Å²) in [7, 11) is 3.27. The van der Waals surface area contributed by atoms with Gasteiger partial charge in [-0.3, -0.25) is 4.79 Å². The number of hydrogen-bond donors (Lipinski definition) is 2. The Labute approximate surface area is 171 Å². The Hall–Kier alpha value is -3.31. The molecule has 0 unspecified atom stereocenters. The average molecular weight is 391 g/mol. The van der Waals surface area contributed by atoms with E-state index in [1.807, 2.05) is 66.7 Å². The van der Waals surface area contributed by atoms with E-state index in [0.29, 0.717) is 5.75 Å². The summed E-state index contributed by atoms with van der Waals surface area (Å²) >= 11 is 0. The third-order valence-electron chi connectivity index (χ3n) is 4.77. The SMILES string of the molecule is COc1ccc(CC[NH2+][C@H](C(=O)Nc2cccc(OC)c2)c2ccccc2)cc1. The number of methoxy groups -OCH3 is 2. The van der Waals surface area contributed by atoms with Crippen molar-refractivity contribution in [3.63, 3.8) is 0 Å². The Bertz CT molecular complexity index is 911. The Morgan fingerprint density at radius 1 is 0.897 bits per heavy atom.